The Labute approximate surface area is 90.1 Å². The van der Waals surface area contributed by atoms with Gasteiger partial charge in [0.25, 0.3) is 0 Å². The summed E-state index contributed by atoms with van der Waals surface area (Å²) < 4.78 is 0. The van der Waals surface area contributed by atoms with Crippen molar-refractivity contribution in [1.29, 1.82) is 0 Å². The Kier molecular flexibility index (Phi) is 12.0. The van der Waals surface area contributed by atoms with Crippen molar-refractivity contribution in [3.63, 3.8) is 0 Å². The Bertz CT molecular complexity index is 108. The maximum atomic E-state index is 3.72. The summed E-state index contributed by atoms with van der Waals surface area (Å²) in [4.78, 5) is 0. The lowest BCUT2D eigenvalue weighted by Gasteiger charge is -2.00. The minimum absolute atomic E-state index is 1.19. The van der Waals surface area contributed by atoms with Crippen LogP contribution < -0.4 is 0 Å². The lowest BCUT2D eigenvalue weighted by atomic mass is 10.1. The number of hydrogen-bond acceptors (Lipinski definition) is 0. The molecule has 0 heteroatoms. The van der Waals surface area contributed by atoms with Gasteiger partial charge in [-0.1, -0.05) is 50.7 Å². The molecule has 0 aromatic rings. The first kappa shape index (κ1) is 13.5. The molecule has 0 atom stereocenters. The van der Waals surface area contributed by atoms with Crippen molar-refractivity contribution in [2.24, 2.45) is 0 Å². The zero-order chi connectivity index (χ0) is 10.5. The summed E-state index contributed by atoms with van der Waals surface area (Å²) >= 11 is 0. The van der Waals surface area contributed by atoms with Gasteiger partial charge in [0.15, 0.2) is 0 Å². The van der Waals surface area contributed by atoms with E-state index >= 15 is 0 Å². The predicted molar refractivity (Wildman–Crippen MR) is 66.2 cm³/mol. The van der Waals surface area contributed by atoms with E-state index in [1.807, 2.05) is 12.2 Å². The van der Waals surface area contributed by atoms with Crippen molar-refractivity contribution < 1.29 is 0 Å². The SMILES string of the molecule is C=C[CH]CCCCCCCCCC=C. The van der Waals surface area contributed by atoms with E-state index in [9.17, 15) is 0 Å². The van der Waals surface area contributed by atoms with Crippen molar-refractivity contribution >= 4 is 0 Å². The molecule has 0 saturated heterocycles. The van der Waals surface area contributed by atoms with Crippen LogP contribution in [0, 0.1) is 6.42 Å². The molecule has 0 rings (SSSR count). The van der Waals surface area contributed by atoms with Gasteiger partial charge in [0.05, 0.1) is 0 Å². The van der Waals surface area contributed by atoms with Crippen molar-refractivity contribution in [3.05, 3.63) is 31.7 Å². The van der Waals surface area contributed by atoms with Crippen LogP contribution in [0.4, 0.5) is 0 Å². The maximum absolute atomic E-state index is 3.72. The molecule has 0 fully saturated rings. The van der Waals surface area contributed by atoms with Crippen LogP contribution in [0.5, 0.6) is 0 Å². The third-order valence-electron chi connectivity index (χ3n) is 2.45. The molecule has 0 aliphatic carbocycles. The van der Waals surface area contributed by atoms with Crippen LogP contribution in [0.15, 0.2) is 25.3 Å². The number of unbranched alkanes of at least 4 members (excludes halogenated alkanes) is 9. The first-order valence-corrected chi connectivity index (χ1v) is 5.97. The molecule has 1 radical (unpaired) electrons. The fraction of sp³-hybridized carbons (Fsp3) is 0.643. The highest BCUT2D eigenvalue weighted by atomic mass is 14.0. The lowest BCUT2D eigenvalue weighted by molar-refractivity contribution is 0.581. The highest BCUT2D eigenvalue weighted by molar-refractivity contribution is 4.85. The van der Waals surface area contributed by atoms with E-state index in [0.717, 1.165) is 0 Å². The van der Waals surface area contributed by atoms with Crippen molar-refractivity contribution in [2.75, 3.05) is 0 Å². The number of allylic oxidation sites excluding steroid dienone is 2. The molecule has 81 valence electrons. The van der Waals surface area contributed by atoms with Gasteiger partial charge in [0, 0.05) is 0 Å². The molecular formula is C14H25. The van der Waals surface area contributed by atoms with Gasteiger partial charge in [0.1, 0.15) is 0 Å². The normalized spacial score (nSPS) is 10.0. The Morgan fingerprint density at radius 1 is 0.643 bits per heavy atom. The van der Waals surface area contributed by atoms with Crippen LogP contribution in [0.2, 0.25) is 0 Å². The van der Waals surface area contributed by atoms with Crippen LogP contribution in [-0.2, 0) is 0 Å². The van der Waals surface area contributed by atoms with E-state index in [1.54, 1.807) is 0 Å². The van der Waals surface area contributed by atoms with E-state index < -0.39 is 0 Å². The standard InChI is InChI=1S/C14H25/c1-3-5-7-9-11-13-14-12-10-8-6-4-2/h3-5H,1-2,6-14H2. The second-order valence-corrected chi connectivity index (χ2v) is 3.81. The van der Waals surface area contributed by atoms with Gasteiger partial charge in [-0.15, -0.1) is 13.2 Å². The third kappa shape index (κ3) is 11.5. The summed E-state index contributed by atoms with van der Waals surface area (Å²) in [5, 5.41) is 0. The fourth-order valence-corrected chi connectivity index (χ4v) is 1.55. The predicted octanol–water partition coefficient (Wildman–Crippen LogP) is 5.07. The van der Waals surface area contributed by atoms with Crippen molar-refractivity contribution in [3.8, 4) is 0 Å². The zero-order valence-corrected chi connectivity index (χ0v) is 9.51. The fourth-order valence-electron chi connectivity index (χ4n) is 1.55. The summed E-state index contributed by atoms with van der Waals surface area (Å²) in [6.45, 7) is 7.40. The molecule has 0 saturated carbocycles. The molecule has 0 spiro atoms. The average molecular weight is 193 g/mol. The molecule has 0 bridgehead atoms. The van der Waals surface area contributed by atoms with Crippen molar-refractivity contribution in [1.82, 2.24) is 0 Å². The molecule has 0 unspecified atom stereocenters. The summed E-state index contributed by atoms with van der Waals surface area (Å²) in [6, 6.07) is 0. The van der Waals surface area contributed by atoms with E-state index in [-0.39, 0.29) is 0 Å². The van der Waals surface area contributed by atoms with E-state index in [1.165, 1.54) is 57.8 Å². The maximum Gasteiger partial charge on any atom is -0.0173 e. The Hall–Kier alpha value is -0.520. The first-order valence-electron chi connectivity index (χ1n) is 5.97. The van der Waals surface area contributed by atoms with Gasteiger partial charge in [-0.2, -0.15) is 0 Å². The second kappa shape index (κ2) is 12.5. The molecule has 0 nitrogen and oxygen atoms in total. The monoisotopic (exact) mass is 193 g/mol. The quantitative estimate of drug-likeness (QED) is 0.317. The summed E-state index contributed by atoms with van der Waals surface area (Å²) in [7, 11) is 0. The van der Waals surface area contributed by atoms with E-state index in [4.69, 9.17) is 0 Å². The molecule has 14 heavy (non-hydrogen) atoms. The average Bonchev–Trinajstić information content (AvgIpc) is 2.21. The van der Waals surface area contributed by atoms with Gasteiger partial charge in [0.2, 0.25) is 0 Å². The lowest BCUT2D eigenvalue weighted by Crippen LogP contribution is -1.80. The molecular weight excluding hydrogens is 168 g/mol. The number of rotatable bonds is 11. The summed E-state index contributed by atoms with van der Waals surface area (Å²) in [5.74, 6) is 0. The van der Waals surface area contributed by atoms with Gasteiger partial charge in [-0.3, -0.25) is 0 Å². The van der Waals surface area contributed by atoms with E-state index in [0.29, 0.717) is 0 Å². The van der Waals surface area contributed by atoms with Crippen LogP contribution in [0.3, 0.4) is 0 Å². The molecule has 0 amide bonds. The van der Waals surface area contributed by atoms with Crippen LogP contribution in [0.25, 0.3) is 0 Å². The minimum atomic E-state index is 1.19. The Balaban J connectivity index is 2.84. The van der Waals surface area contributed by atoms with Crippen LogP contribution >= 0.6 is 0 Å². The smallest absolute Gasteiger partial charge is 0.0173 e. The zero-order valence-electron chi connectivity index (χ0n) is 9.51. The Morgan fingerprint density at radius 2 is 1.14 bits per heavy atom. The second-order valence-electron chi connectivity index (χ2n) is 3.81. The molecule has 0 aromatic carbocycles. The van der Waals surface area contributed by atoms with Gasteiger partial charge in [-0.05, 0) is 25.7 Å². The molecule has 0 aliphatic rings. The van der Waals surface area contributed by atoms with Gasteiger partial charge < -0.3 is 0 Å². The summed E-state index contributed by atoms with van der Waals surface area (Å²) in [6.07, 6.45) is 18.1. The molecule has 0 aromatic heterocycles. The van der Waals surface area contributed by atoms with Crippen molar-refractivity contribution in [2.45, 2.75) is 57.8 Å². The van der Waals surface area contributed by atoms with Crippen LogP contribution in [0.1, 0.15) is 57.8 Å². The molecule has 0 aliphatic heterocycles. The van der Waals surface area contributed by atoms with Gasteiger partial charge >= 0.3 is 0 Å². The third-order valence-corrected chi connectivity index (χ3v) is 2.45. The highest BCUT2D eigenvalue weighted by Gasteiger charge is 1.90. The Morgan fingerprint density at radius 3 is 1.64 bits per heavy atom. The molecule has 0 N–H and O–H groups in total. The topological polar surface area (TPSA) is 0 Å². The largest absolute Gasteiger partial charge is 0.103 e. The number of hydrogen-bond donors (Lipinski definition) is 0. The minimum Gasteiger partial charge on any atom is -0.103 e. The molecule has 0 heterocycles. The highest BCUT2D eigenvalue weighted by Crippen LogP contribution is 2.10. The first-order chi connectivity index (χ1) is 6.91. The van der Waals surface area contributed by atoms with Crippen LogP contribution in [-0.4, -0.2) is 0 Å². The van der Waals surface area contributed by atoms with Gasteiger partial charge in [-0.25, -0.2) is 0 Å². The summed E-state index contributed by atoms with van der Waals surface area (Å²) in [5.41, 5.74) is 0. The van der Waals surface area contributed by atoms with E-state index in [2.05, 4.69) is 19.6 Å².